The van der Waals surface area contributed by atoms with Gasteiger partial charge in [0.1, 0.15) is 5.75 Å². The summed E-state index contributed by atoms with van der Waals surface area (Å²) in [5, 5.41) is 8.97. The molecule has 0 radical (unpaired) electrons. The van der Waals surface area contributed by atoms with E-state index in [-0.39, 0.29) is 0 Å². The highest BCUT2D eigenvalue weighted by atomic mass is 16.5. The Hall–Kier alpha value is -1.75. The number of benzene rings is 1. The van der Waals surface area contributed by atoms with Crippen LogP contribution in [0.5, 0.6) is 5.75 Å². The molecule has 1 N–H and O–H groups in total. The van der Waals surface area contributed by atoms with Crippen molar-refractivity contribution in [1.82, 2.24) is 9.80 Å². The van der Waals surface area contributed by atoms with E-state index in [9.17, 15) is 4.79 Å². The van der Waals surface area contributed by atoms with Gasteiger partial charge in [-0.2, -0.15) is 0 Å². The van der Waals surface area contributed by atoms with Crippen molar-refractivity contribution in [2.45, 2.75) is 44.8 Å². The zero-order valence-corrected chi connectivity index (χ0v) is 13.6. The molecule has 1 aromatic carbocycles. The number of rotatable bonds is 4. The van der Waals surface area contributed by atoms with Crippen molar-refractivity contribution >= 4 is 6.09 Å². The summed E-state index contributed by atoms with van der Waals surface area (Å²) >= 11 is 0. The summed E-state index contributed by atoms with van der Waals surface area (Å²) < 4.78 is 6.06. The first kappa shape index (κ1) is 16.1. The van der Waals surface area contributed by atoms with Crippen molar-refractivity contribution < 1.29 is 14.6 Å². The van der Waals surface area contributed by atoms with Gasteiger partial charge >= 0.3 is 6.09 Å². The van der Waals surface area contributed by atoms with E-state index in [1.165, 1.54) is 42.6 Å². The number of hydrogen-bond donors (Lipinski definition) is 1. The molecule has 5 nitrogen and oxygen atoms in total. The molecule has 2 fully saturated rings. The van der Waals surface area contributed by atoms with Gasteiger partial charge in [-0.25, -0.2) is 4.79 Å². The van der Waals surface area contributed by atoms with Crippen molar-refractivity contribution in [2.75, 3.05) is 26.2 Å². The summed E-state index contributed by atoms with van der Waals surface area (Å²) in [6, 6.07) is 8.39. The lowest BCUT2D eigenvalue weighted by molar-refractivity contribution is 0.103. The minimum atomic E-state index is -0.811. The minimum absolute atomic E-state index is 0.388. The summed E-state index contributed by atoms with van der Waals surface area (Å²) in [5.41, 5.74) is 1.25. The van der Waals surface area contributed by atoms with E-state index in [4.69, 9.17) is 9.84 Å². The van der Waals surface area contributed by atoms with Crippen molar-refractivity contribution in [3.8, 4) is 5.75 Å². The predicted molar refractivity (Wildman–Crippen MR) is 88.8 cm³/mol. The van der Waals surface area contributed by atoms with Crippen molar-refractivity contribution in [2.24, 2.45) is 0 Å². The Morgan fingerprint density at radius 1 is 1.04 bits per heavy atom. The predicted octanol–water partition coefficient (Wildman–Crippen LogP) is 3.19. The Labute approximate surface area is 137 Å². The van der Waals surface area contributed by atoms with Gasteiger partial charge in [-0.05, 0) is 43.4 Å². The zero-order chi connectivity index (χ0) is 16.1. The molecule has 1 saturated heterocycles. The first-order chi connectivity index (χ1) is 11.2. The summed E-state index contributed by atoms with van der Waals surface area (Å²) in [5.74, 6) is 0.969. The molecule has 1 aliphatic carbocycles. The number of carboxylic acid groups (broad SMARTS) is 1. The topological polar surface area (TPSA) is 53.0 Å². The molecule has 1 heterocycles. The molecule has 1 aliphatic heterocycles. The summed E-state index contributed by atoms with van der Waals surface area (Å²) in [6.07, 6.45) is 5.84. The van der Waals surface area contributed by atoms with Crippen LogP contribution in [0.15, 0.2) is 24.3 Å². The van der Waals surface area contributed by atoms with Crippen LogP contribution in [0, 0.1) is 0 Å². The second kappa shape index (κ2) is 7.68. The lowest BCUT2D eigenvalue weighted by Gasteiger charge is -2.33. The zero-order valence-electron chi connectivity index (χ0n) is 13.6. The van der Waals surface area contributed by atoms with Crippen LogP contribution in [0.3, 0.4) is 0 Å². The molecule has 0 unspecified atom stereocenters. The fourth-order valence-corrected chi connectivity index (χ4v) is 3.40. The third-order valence-electron chi connectivity index (χ3n) is 4.83. The van der Waals surface area contributed by atoms with Crippen molar-refractivity contribution in [3.63, 3.8) is 0 Å². The Morgan fingerprint density at radius 2 is 1.70 bits per heavy atom. The van der Waals surface area contributed by atoms with E-state index in [2.05, 4.69) is 29.2 Å². The lowest BCUT2D eigenvalue weighted by atomic mass is 9.98. The maximum Gasteiger partial charge on any atom is 0.407 e. The van der Waals surface area contributed by atoms with Gasteiger partial charge in [-0.3, -0.25) is 4.90 Å². The Morgan fingerprint density at radius 3 is 2.30 bits per heavy atom. The normalized spacial score (nSPS) is 20.4. The van der Waals surface area contributed by atoms with E-state index in [0.29, 0.717) is 19.2 Å². The monoisotopic (exact) mass is 318 g/mol. The van der Waals surface area contributed by atoms with Crippen LogP contribution in [0.4, 0.5) is 4.79 Å². The number of amides is 1. The molecule has 5 heteroatoms. The van der Waals surface area contributed by atoms with Gasteiger partial charge in [-0.1, -0.05) is 18.6 Å². The Bertz CT molecular complexity index is 504. The summed E-state index contributed by atoms with van der Waals surface area (Å²) in [6.45, 7) is 3.66. The number of carbonyl (C=O) groups is 1. The smallest absolute Gasteiger partial charge is 0.407 e. The van der Waals surface area contributed by atoms with Crippen LogP contribution in [0.1, 0.15) is 37.7 Å². The Kier molecular flexibility index (Phi) is 5.39. The largest absolute Gasteiger partial charge is 0.490 e. The molecule has 1 amide bonds. The number of piperazine rings is 1. The van der Waals surface area contributed by atoms with E-state index >= 15 is 0 Å². The van der Waals surface area contributed by atoms with Crippen LogP contribution in [0.2, 0.25) is 0 Å². The first-order valence-electron chi connectivity index (χ1n) is 8.66. The number of nitrogens with zero attached hydrogens (tertiary/aromatic N) is 2. The Balaban J connectivity index is 1.47. The third-order valence-corrected chi connectivity index (χ3v) is 4.83. The van der Waals surface area contributed by atoms with Gasteiger partial charge in [0.05, 0.1) is 6.10 Å². The highest BCUT2D eigenvalue weighted by molar-refractivity contribution is 5.65. The average molecular weight is 318 g/mol. The van der Waals surface area contributed by atoms with Crippen molar-refractivity contribution in [1.29, 1.82) is 0 Å². The molecule has 0 aromatic heterocycles. The van der Waals surface area contributed by atoms with Gasteiger partial charge in [0.15, 0.2) is 0 Å². The maximum atomic E-state index is 10.9. The van der Waals surface area contributed by atoms with E-state index < -0.39 is 6.09 Å². The number of hydrogen-bond acceptors (Lipinski definition) is 3. The highest BCUT2D eigenvalue weighted by Crippen LogP contribution is 2.23. The fraction of sp³-hybridized carbons (Fsp3) is 0.611. The van der Waals surface area contributed by atoms with Crippen LogP contribution in [-0.4, -0.2) is 53.3 Å². The van der Waals surface area contributed by atoms with Crippen molar-refractivity contribution in [3.05, 3.63) is 29.8 Å². The minimum Gasteiger partial charge on any atom is -0.490 e. The molecule has 1 saturated carbocycles. The molecule has 3 rings (SSSR count). The fourth-order valence-electron chi connectivity index (χ4n) is 3.40. The lowest BCUT2D eigenvalue weighted by Crippen LogP contribution is -2.47. The van der Waals surface area contributed by atoms with Gasteiger partial charge in [-0.15, -0.1) is 0 Å². The second-order valence-corrected chi connectivity index (χ2v) is 6.57. The quantitative estimate of drug-likeness (QED) is 0.926. The van der Waals surface area contributed by atoms with Gasteiger partial charge < -0.3 is 14.7 Å². The van der Waals surface area contributed by atoms with E-state index in [1.54, 1.807) is 0 Å². The standard InChI is InChI=1S/C18H26N2O3/c21-18(22)20-12-10-19(11-13-20)14-15-6-8-17(9-7-15)23-16-4-2-1-3-5-16/h6-9,16H,1-5,10-14H2,(H,21,22). The molecule has 1 aromatic rings. The molecular weight excluding hydrogens is 292 g/mol. The van der Waals surface area contributed by atoms with E-state index in [0.717, 1.165) is 25.4 Å². The van der Waals surface area contributed by atoms with Crippen LogP contribution in [0.25, 0.3) is 0 Å². The molecule has 126 valence electrons. The molecule has 0 bridgehead atoms. The van der Waals surface area contributed by atoms with Gasteiger partial charge in [0.25, 0.3) is 0 Å². The highest BCUT2D eigenvalue weighted by Gasteiger charge is 2.20. The second-order valence-electron chi connectivity index (χ2n) is 6.57. The summed E-state index contributed by atoms with van der Waals surface area (Å²) in [7, 11) is 0. The van der Waals surface area contributed by atoms with Gasteiger partial charge in [0, 0.05) is 32.7 Å². The van der Waals surface area contributed by atoms with Crippen LogP contribution < -0.4 is 4.74 Å². The average Bonchev–Trinajstić information content (AvgIpc) is 2.58. The first-order valence-corrected chi connectivity index (χ1v) is 8.66. The van der Waals surface area contributed by atoms with E-state index in [1.807, 2.05) is 0 Å². The number of ether oxygens (including phenoxy) is 1. The van der Waals surface area contributed by atoms with Crippen LogP contribution in [-0.2, 0) is 6.54 Å². The molecule has 0 atom stereocenters. The molecule has 0 spiro atoms. The SMILES string of the molecule is O=C(O)N1CCN(Cc2ccc(OC3CCCCC3)cc2)CC1. The summed E-state index contributed by atoms with van der Waals surface area (Å²) in [4.78, 5) is 14.7. The molecule has 2 aliphatic rings. The molecule has 23 heavy (non-hydrogen) atoms. The maximum absolute atomic E-state index is 10.9. The van der Waals surface area contributed by atoms with Crippen LogP contribution >= 0.6 is 0 Å². The third kappa shape index (κ3) is 4.61. The molecular formula is C18H26N2O3. The van der Waals surface area contributed by atoms with Gasteiger partial charge in [0.2, 0.25) is 0 Å².